The van der Waals surface area contributed by atoms with E-state index < -0.39 is 5.54 Å². The third-order valence-corrected chi connectivity index (χ3v) is 4.91. The van der Waals surface area contributed by atoms with Crippen molar-refractivity contribution in [3.63, 3.8) is 0 Å². The van der Waals surface area contributed by atoms with Gasteiger partial charge in [-0.2, -0.15) is 0 Å². The molecule has 1 saturated carbocycles. The molecule has 0 saturated heterocycles. The van der Waals surface area contributed by atoms with Crippen LogP contribution in [0, 0.1) is 11.7 Å². The third kappa shape index (κ3) is 2.82. The van der Waals surface area contributed by atoms with E-state index in [1.807, 2.05) is 13.0 Å². The number of carbonyl (C=O) groups is 1. The maximum absolute atomic E-state index is 13.8. The van der Waals surface area contributed by atoms with Gasteiger partial charge in [0.2, 0.25) is 5.91 Å². The molecule has 3 atom stereocenters. The monoisotopic (exact) mass is 306 g/mol. The lowest BCUT2D eigenvalue weighted by molar-refractivity contribution is -0.129. The first-order valence-electron chi connectivity index (χ1n) is 7.99. The van der Waals surface area contributed by atoms with Crippen molar-refractivity contribution in [1.82, 2.24) is 5.32 Å². The molecule has 0 aromatic heterocycles. The van der Waals surface area contributed by atoms with Crippen molar-refractivity contribution < 1.29 is 13.9 Å². The van der Waals surface area contributed by atoms with Crippen LogP contribution >= 0.6 is 0 Å². The van der Waals surface area contributed by atoms with Gasteiger partial charge >= 0.3 is 0 Å². The highest BCUT2D eigenvalue weighted by atomic mass is 19.1. The normalized spacial score (nSPS) is 31.0. The molecular formula is C17H23FN2O2. The number of nitrogens with two attached hydrogens (primary N) is 1. The predicted molar refractivity (Wildman–Crippen MR) is 81.9 cm³/mol. The maximum Gasteiger partial charge on any atom is 0.225 e. The predicted octanol–water partition coefficient (Wildman–Crippen LogP) is 2.67. The van der Waals surface area contributed by atoms with E-state index in [0.717, 1.165) is 25.7 Å². The van der Waals surface area contributed by atoms with Gasteiger partial charge in [0.25, 0.3) is 0 Å². The van der Waals surface area contributed by atoms with Gasteiger partial charge < -0.3 is 15.8 Å². The minimum atomic E-state index is -0.460. The van der Waals surface area contributed by atoms with E-state index in [-0.39, 0.29) is 29.4 Å². The molecule has 1 heterocycles. The highest BCUT2D eigenvalue weighted by Crippen LogP contribution is 2.36. The van der Waals surface area contributed by atoms with Crippen molar-refractivity contribution in [2.75, 3.05) is 6.61 Å². The number of carbonyl (C=O) groups excluding carboxylic acids is 1. The summed E-state index contributed by atoms with van der Waals surface area (Å²) in [7, 11) is 0. The SMILES string of the molecule is CC1(N)CCCCC1C(=O)N[C@@H]1CCOc2c(F)cccc21. The fourth-order valence-electron chi connectivity index (χ4n) is 3.60. The van der Waals surface area contributed by atoms with Crippen LogP contribution in [-0.4, -0.2) is 18.1 Å². The van der Waals surface area contributed by atoms with E-state index in [0.29, 0.717) is 18.6 Å². The van der Waals surface area contributed by atoms with E-state index in [2.05, 4.69) is 5.32 Å². The Morgan fingerprint density at radius 2 is 2.23 bits per heavy atom. The first-order valence-corrected chi connectivity index (χ1v) is 7.99. The lowest BCUT2D eigenvalue weighted by Crippen LogP contribution is -2.53. The molecule has 3 N–H and O–H groups in total. The van der Waals surface area contributed by atoms with Gasteiger partial charge in [-0.3, -0.25) is 4.79 Å². The van der Waals surface area contributed by atoms with Crippen molar-refractivity contribution >= 4 is 5.91 Å². The second-order valence-corrected chi connectivity index (χ2v) is 6.66. The van der Waals surface area contributed by atoms with Crippen LogP contribution in [0.25, 0.3) is 0 Å². The summed E-state index contributed by atoms with van der Waals surface area (Å²) in [5.74, 6) is -0.316. The first kappa shape index (κ1) is 15.3. The van der Waals surface area contributed by atoms with E-state index in [9.17, 15) is 9.18 Å². The highest BCUT2D eigenvalue weighted by Gasteiger charge is 2.39. The molecule has 2 unspecified atom stereocenters. The van der Waals surface area contributed by atoms with Crippen molar-refractivity contribution in [3.8, 4) is 5.75 Å². The average Bonchev–Trinajstić information content (AvgIpc) is 2.48. The molecule has 4 nitrogen and oxygen atoms in total. The zero-order chi connectivity index (χ0) is 15.7. The molecule has 1 amide bonds. The number of nitrogens with one attached hydrogen (secondary N) is 1. The molecule has 0 spiro atoms. The van der Waals surface area contributed by atoms with Crippen LogP contribution in [0.3, 0.4) is 0 Å². The van der Waals surface area contributed by atoms with Crippen molar-refractivity contribution in [3.05, 3.63) is 29.6 Å². The molecule has 3 rings (SSSR count). The molecule has 1 aromatic carbocycles. The van der Waals surface area contributed by atoms with Gasteiger partial charge in [0.1, 0.15) is 0 Å². The molecule has 1 aliphatic heterocycles. The molecule has 2 aliphatic rings. The fraction of sp³-hybridized carbons (Fsp3) is 0.588. The number of benzene rings is 1. The van der Waals surface area contributed by atoms with Crippen molar-refractivity contribution in [2.45, 2.75) is 50.6 Å². The van der Waals surface area contributed by atoms with Crippen LogP contribution in [-0.2, 0) is 4.79 Å². The van der Waals surface area contributed by atoms with E-state index >= 15 is 0 Å². The Bertz CT molecular complexity index is 574. The minimum absolute atomic E-state index is 0.0215. The standard InChI is InChI=1S/C17H23FN2O2/c1-17(19)9-3-2-6-12(17)16(21)20-14-8-10-22-15-11(14)5-4-7-13(15)18/h4-5,7,12,14H,2-3,6,8-10,19H2,1H3,(H,20,21)/t12?,14-,17?/m1/s1. The Balaban J connectivity index is 1.77. The number of halogens is 1. The summed E-state index contributed by atoms with van der Waals surface area (Å²) in [4.78, 5) is 12.7. The second kappa shape index (κ2) is 5.88. The Labute approximate surface area is 130 Å². The fourth-order valence-corrected chi connectivity index (χ4v) is 3.60. The Kier molecular flexibility index (Phi) is 4.08. The molecule has 1 aromatic rings. The van der Waals surface area contributed by atoms with Gasteiger partial charge in [-0.05, 0) is 25.8 Å². The average molecular weight is 306 g/mol. The summed E-state index contributed by atoms with van der Waals surface area (Å²) < 4.78 is 19.2. The van der Waals surface area contributed by atoms with E-state index in [4.69, 9.17) is 10.5 Å². The molecule has 1 fully saturated rings. The Hall–Kier alpha value is -1.62. The molecular weight excluding hydrogens is 283 g/mol. The number of hydrogen-bond donors (Lipinski definition) is 2. The van der Waals surface area contributed by atoms with Crippen LogP contribution in [0.4, 0.5) is 4.39 Å². The number of para-hydroxylation sites is 1. The topological polar surface area (TPSA) is 64.4 Å². The Morgan fingerprint density at radius 3 is 3.00 bits per heavy atom. The van der Waals surface area contributed by atoms with Gasteiger partial charge in [0.05, 0.1) is 18.6 Å². The third-order valence-electron chi connectivity index (χ3n) is 4.91. The highest BCUT2D eigenvalue weighted by molar-refractivity contribution is 5.80. The van der Waals surface area contributed by atoms with Crippen LogP contribution in [0.1, 0.15) is 50.6 Å². The molecule has 22 heavy (non-hydrogen) atoms. The van der Waals surface area contributed by atoms with Crippen LogP contribution in [0.5, 0.6) is 5.75 Å². The van der Waals surface area contributed by atoms with Gasteiger partial charge in [-0.25, -0.2) is 4.39 Å². The van der Waals surface area contributed by atoms with Crippen LogP contribution in [0.2, 0.25) is 0 Å². The molecule has 5 heteroatoms. The zero-order valence-corrected chi connectivity index (χ0v) is 12.9. The van der Waals surface area contributed by atoms with Crippen molar-refractivity contribution in [2.24, 2.45) is 11.7 Å². The summed E-state index contributed by atoms with van der Waals surface area (Å²) >= 11 is 0. The maximum atomic E-state index is 13.8. The number of rotatable bonds is 2. The molecule has 0 radical (unpaired) electrons. The number of hydrogen-bond acceptors (Lipinski definition) is 3. The van der Waals surface area contributed by atoms with Gasteiger partial charge in [-0.15, -0.1) is 0 Å². The molecule has 1 aliphatic carbocycles. The summed E-state index contributed by atoms with van der Waals surface area (Å²) in [6.45, 7) is 2.36. The summed E-state index contributed by atoms with van der Waals surface area (Å²) in [6, 6.07) is 4.63. The van der Waals surface area contributed by atoms with Gasteiger partial charge in [0, 0.05) is 17.5 Å². The lowest BCUT2D eigenvalue weighted by atomic mass is 9.74. The lowest BCUT2D eigenvalue weighted by Gasteiger charge is -2.38. The number of ether oxygens (including phenoxy) is 1. The van der Waals surface area contributed by atoms with E-state index in [1.165, 1.54) is 6.07 Å². The summed E-state index contributed by atoms with van der Waals surface area (Å²) in [5, 5.41) is 3.06. The minimum Gasteiger partial charge on any atom is -0.490 e. The quantitative estimate of drug-likeness (QED) is 0.883. The smallest absolute Gasteiger partial charge is 0.225 e. The first-order chi connectivity index (χ1) is 10.5. The summed E-state index contributed by atoms with van der Waals surface area (Å²) in [6.07, 6.45) is 4.43. The number of fused-ring (bicyclic) bond motifs is 1. The largest absolute Gasteiger partial charge is 0.490 e. The van der Waals surface area contributed by atoms with Gasteiger partial charge in [0.15, 0.2) is 11.6 Å². The van der Waals surface area contributed by atoms with Crippen molar-refractivity contribution in [1.29, 1.82) is 0 Å². The van der Waals surface area contributed by atoms with Gasteiger partial charge in [-0.1, -0.05) is 25.0 Å². The van der Waals surface area contributed by atoms with Crippen LogP contribution < -0.4 is 15.8 Å². The van der Waals surface area contributed by atoms with Crippen LogP contribution in [0.15, 0.2) is 18.2 Å². The summed E-state index contributed by atoms with van der Waals surface area (Å²) in [5.41, 5.74) is 6.56. The van der Waals surface area contributed by atoms with E-state index in [1.54, 1.807) is 6.07 Å². The second-order valence-electron chi connectivity index (χ2n) is 6.66. The molecule has 0 bridgehead atoms. The molecule has 120 valence electrons. The zero-order valence-electron chi connectivity index (χ0n) is 12.9. The Morgan fingerprint density at radius 1 is 1.41 bits per heavy atom. The number of amides is 1.